The normalized spacial score (nSPS) is 11.8. The fourth-order valence-electron chi connectivity index (χ4n) is 2.54. The molecule has 0 atom stereocenters. The molecule has 0 aliphatic rings. The molecule has 0 saturated carbocycles. The molecular weight excluding hydrogens is 258 g/mol. The Morgan fingerprint density at radius 3 is 2.14 bits per heavy atom. The van der Waals surface area contributed by atoms with Gasteiger partial charge in [-0.1, -0.05) is 13.8 Å². The summed E-state index contributed by atoms with van der Waals surface area (Å²) in [6.45, 7) is 18.4. The molecule has 0 aliphatic heterocycles. The Balaban J connectivity index is 3.14. The molecule has 0 spiro atoms. The van der Waals surface area contributed by atoms with Crippen LogP contribution in [-0.2, 0) is 6.54 Å². The van der Waals surface area contributed by atoms with Crippen LogP contribution in [0, 0.1) is 13.8 Å². The Morgan fingerprint density at radius 1 is 1.10 bits per heavy atom. The number of rotatable bonds is 7. The van der Waals surface area contributed by atoms with Crippen LogP contribution in [0.5, 0.6) is 0 Å². The van der Waals surface area contributed by atoms with Crippen molar-refractivity contribution in [2.75, 3.05) is 18.0 Å². The van der Waals surface area contributed by atoms with Crippen molar-refractivity contribution in [1.29, 1.82) is 0 Å². The summed E-state index contributed by atoms with van der Waals surface area (Å²) in [5, 5.41) is 3.61. The number of aryl methyl sites for hydroxylation is 2. The van der Waals surface area contributed by atoms with Gasteiger partial charge in [-0.25, -0.2) is 4.98 Å². The molecule has 0 aliphatic carbocycles. The molecule has 21 heavy (non-hydrogen) atoms. The summed E-state index contributed by atoms with van der Waals surface area (Å²) in [6.07, 6.45) is 2.31. The molecule has 1 heterocycles. The average Bonchev–Trinajstić information content (AvgIpc) is 2.35. The van der Waals surface area contributed by atoms with Crippen molar-refractivity contribution in [2.24, 2.45) is 0 Å². The Kier molecular flexibility index (Phi) is 6.66. The first-order chi connectivity index (χ1) is 9.78. The number of nitrogens with zero attached hydrogens (tertiary/aromatic N) is 2. The number of hydrogen-bond donors (Lipinski definition) is 1. The summed E-state index contributed by atoms with van der Waals surface area (Å²) < 4.78 is 0. The van der Waals surface area contributed by atoms with Gasteiger partial charge in [-0.3, -0.25) is 0 Å². The number of pyridine rings is 1. The standard InChI is InChI=1S/C18H33N3/c1-8-10-21(11-9-2)17-16(13-19-18(5,6)7)14(3)12-15(4)20-17/h12,19H,8-11,13H2,1-7H3. The first-order valence-corrected chi connectivity index (χ1v) is 8.25. The van der Waals surface area contributed by atoms with Gasteiger partial charge >= 0.3 is 0 Å². The first kappa shape index (κ1) is 18.0. The van der Waals surface area contributed by atoms with Crippen LogP contribution in [-0.4, -0.2) is 23.6 Å². The van der Waals surface area contributed by atoms with E-state index in [9.17, 15) is 0 Å². The second-order valence-electron chi connectivity index (χ2n) is 6.97. The molecule has 3 nitrogen and oxygen atoms in total. The van der Waals surface area contributed by atoms with Crippen LogP contribution < -0.4 is 10.2 Å². The molecule has 1 aromatic heterocycles. The number of anilines is 1. The van der Waals surface area contributed by atoms with E-state index in [1.807, 2.05) is 0 Å². The topological polar surface area (TPSA) is 28.2 Å². The van der Waals surface area contributed by atoms with Crippen LogP contribution >= 0.6 is 0 Å². The summed E-state index contributed by atoms with van der Waals surface area (Å²) >= 11 is 0. The van der Waals surface area contributed by atoms with Gasteiger partial charge in [0.05, 0.1) is 0 Å². The number of aromatic nitrogens is 1. The van der Waals surface area contributed by atoms with Crippen LogP contribution in [0.1, 0.15) is 64.3 Å². The van der Waals surface area contributed by atoms with Gasteiger partial charge in [-0.2, -0.15) is 0 Å². The van der Waals surface area contributed by atoms with Crippen molar-refractivity contribution in [2.45, 2.75) is 73.4 Å². The lowest BCUT2D eigenvalue weighted by atomic mass is 10.0. The molecule has 0 fully saturated rings. The van der Waals surface area contributed by atoms with Crippen molar-refractivity contribution < 1.29 is 0 Å². The van der Waals surface area contributed by atoms with Gasteiger partial charge in [-0.15, -0.1) is 0 Å². The lowest BCUT2D eigenvalue weighted by molar-refractivity contribution is 0.423. The Hall–Kier alpha value is -1.09. The van der Waals surface area contributed by atoms with E-state index in [1.165, 1.54) is 16.9 Å². The van der Waals surface area contributed by atoms with Crippen LogP contribution in [0.15, 0.2) is 6.07 Å². The average molecular weight is 291 g/mol. The van der Waals surface area contributed by atoms with Crippen molar-refractivity contribution in [3.63, 3.8) is 0 Å². The molecule has 0 amide bonds. The SMILES string of the molecule is CCCN(CCC)c1nc(C)cc(C)c1CNC(C)(C)C. The molecule has 0 aromatic carbocycles. The van der Waals surface area contributed by atoms with Gasteiger partial charge < -0.3 is 10.2 Å². The molecule has 0 saturated heterocycles. The highest BCUT2D eigenvalue weighted by Gasteiger charge is 2.17. The molecular formula is C18H33N3. The monoisotopic (exact) mass is 291 g/mol. The van der Waals surface area contributed by atoms with Gasteiger partial charge in [0.1, 0.15) is 5.82 Å². The van der Waals surface area contributed by atoms with Crippen molar-refractivity contribution in [1.82, 2.24) is 10.3 Å². The third kappa shape index (κ3) is 5.66. The zero-order chi connectivity index (χ0) is 16.0. The minimum absolute atomic E-state index is 0.120. The summed E-state index contributed by atoms with van der Waals surface area (Å²) in [6, 6.07) is 2.19. The predicted octanol–water partition coefficient (Wildman–Crippen LogP) is 4.21. The fraction of sp³-hybridized carbons (Fsp3) is 0.722. The van der Waals surface area contributed by atoms with Crippen molar-refractivity contribution in [3.8, 4) is 0 Å². The van der Waals surface area contributed by atoms with E-state index in [-0.39, 0.29) is 5.54 Å². The van der Waals surface area contributed by atoms with Crippen LogP contribution in [0.2, 0.25) is 0 Å². The second kappa shape index (κ2) is 7.79. The van der Waals surface area contributed by atoms with Crippen LogP contribution in [0.4, 0.5) is 5.82 Å². The smallest absolute Gasteiger partial charge is 0.133 e. The zero-order valence-corrected chi connectivity index (χ0v) is 15.0. The summed E-state index contributed by atoms with van der Waals surface area (Å²) in [4.78, 5) is 7.30. The van der Waals surface area contributed by atoms with Gasteiger partial charge in [0.2, 0.25) is 0 Å². The van der Waals surface area contributed by atoms with Crippen molar-refractivity contribution in [3.05, 3.63) is 22.9 Å². The summed E-state index contributed by atoms with van der Waals surface area (Å²) in [5.74, 6) is 1.17. The van der Waals surface area contributed by atoms with E-state index >= 15 is 0 Å². The maximum absolute atomic E-state index is 4.86. The quantitative estimate of drug-likeness (QED) is 0.815. The van der Waals surface area contributed by atoms with E-state index in [1.54, 1.807) is 0 Å². The largest absolute Gasteiger partial charge is 0.356 e. The van der Waals surface area contributed by atoms with E-state index in [0.717, 1.165) is 38.2 Å². The highest BCUT2D eigenvalue weighted by molar-refractivity contribution is 5.51. The number of hydrogen-bond acceptors (Lipinski definition) is 3. The minimum Gasteiger partial charge on any atom is -0.356 e. The van der Waals surface area contributed by atoms with E-state index < -0.39 is 0 Å². The first-order valence-electron chi connectivity index (χ1n) is 8.25. The van der Waals surface area contributed by atoms with Gasteiger partial charge in [0, 0.05) is 36.4 Å². The number of nitrogens with one attached hydrogen (secondary N) is 1. The van der Waals surface area contributed by atoms with Crippen LogP contribution in [0.3, 0.4) is 0 Å². The molecule has 1 aromatic rings. The van der Waals surface area contributed by atoms with Gasteiger partial charge in [0.25, 0.3) is 0 Å². The maximum atomic E-state index is 4.86. The third-order valence-electron chi connectivity index (χ3n) is 3.54. The summed E-state index contributed by atoms with van der Waals surface area (Å²) in [5.41, 5.74) is 3.91. The minimum atomic E-state index is 0.120. The van der Waals surface area contributed by atoms with Gasteiger partial charge in [0.15, 0.2) is 0 Å². The highest BCUT2D eigenvalue weighted by atomic mass is 15.2. The van der Waals surface area contributed by atoms with E-state index in [4.69, 9.17) is 4.98 Å². The maximum Gasteiger partial charge on any atom is 0.133 e. The lowest BCUT2D eigenvalue weighted by Crippen LogP contribution is -2.36. The second-order valence-corrected chi connectivity index (χ2v) is 6.97. The molecule has 1 N–H and O–H groups in total. The molecule has 0 bridgehead atoms. The zero-order valence-electron chi connectivity index (χ0n) is 15.0. The Labute approximate surface area is 131 Å². The Morgan fingerprint density at radius 2 is 1.67 bits per heavy atom. The highest BCUT2D eigenvalue weighted by Crippen LogP contribution is 2.24. The molecule has 3 heteroatoms. The van der Waals surface area contributed by atoms with E-state index in [0.29, 0.717) is 0 Å². The predicted molar refractivity (Wildman–Crippen MR) is 93.1 cm³/mol. The van der Waals surface area contributed by atoms with E-state index in [2.05, 4.69) is 64.7 Å². The van der Waals surface area contributed by atoms with Crippen molar-refractivity contribution >= 4 is 5.82 Å². The molecule has 0 radical (unpaired) electrons. The molecule has 120 valence electrons. The fourth-order valence-corrected chi connectivity index (χ4v) is 2.54. The summed E-state index contributed by atoms with van der Waals surface area (Å²) in [7, 11) is 0. The molecule has 1 rings (SSSR count). The lowest BCUT2D eigenvalue weighted by Gasteiger charge is -2.28. The molecule has 0 unspecified atom stereocenters. The third-order valence-corrected chi connectivity index (χ3v) is 3.54. The van der Waals surface area contributed by atoms with Gasteiger partial charge in [-0.05, 0) is 59.1 Å². The van der Waals surface area contributed by atoms with Crippen LogP contribution in [0.25, 0.3) is 0 Å². The Bertz CT molecular complexity index is 441.